The zero-order valence-electron chi connectivity index (χ0n) is 8.62. The van der Waals surface area contributed by atoms with Gasteiger partial charge in [0.2, 0.25) is 0 Å². The van der Waals surface area contributed by atoms with E-state index in [1.807, 2.05) is 24.3 Å². The van der Waals surface area contributed by atoms with E-state index in [0.717, 1.165) is 42.9 Å². The van der Waals surface area contributed by atoms with E-state index >= 15 is 0 Å². The zero-order chi connectivity index (χ0) is 10.5. The van der Waals surface area contributed by atoms with E-state index in [4.69, 9.17) is 9.47 Å². The number of halogens is 1. The van der Waals surface area contributed by atoms with Crippen LogP contribution in [0.5, 0.6) is 5.75 Å². The maximum Gasteiger partial charge on any atom is 0.133 e. The third-order valence-corrected chi connectivity index (χ3v) is 3.31. The van der Waals surface area contributed by atoms with Gasteiger partial charge in [0.05, 0.1) is 11.1 Å². The fourth-order valence-corrected chi connectivity index (χ4v) is 2.08. The molecule has 3 heteroatoms. The van der Waals surface area contributed by atoms with Crippen LogP contribution in [0.3, 0.4) is 0 Å². The topological polar surface area (TPSA) is 18.5 Å². The van der Waals surface area contributed by atoms with Crippen LogP contribution >= 0.6 is 15.9 Å². The SMILES string of the molecule is Brc1ccccc1OCC1CCOCC1. The maximum atomic E-state index is 5.77. The molecule has 1 aromatic carbocycles. The second kappa shape index (κ2) is 5.52. The Bertz CT molecular complexity index is 308. The molecular formula is C12H15BrO2. The summed E-state index contributed by atoms with van der Waals surface area (Å²) in [7, 11) is 0. The lowest BCUT2D eigenvalue weighted by Crippen LogP contribution is -2.21. The summed E-state index contributed by atoms with van der Waals surface area (Å²) in [6, 6.07) is 7.97. The van der Waals surface area contributed by atoms with E-state index in [0.29, 0.717) is 5.92 Å². The summed E-state index contributed by atoms with van der Waals surface area (Å²) in [4.78, 5) is 0. The Morgan fingerprint density at radius 3 is 2.73 bits per heavy atom. The van der Waals surface area contributed by atoms with Crippen molar-refractivity contribution >= 4 is 15.9 Å². The van der Waals surface area contributed by atoms with Crippen LogP contribution in [0.2, 0.25) is 0 Å². The summed E-state index contributed by atoms with van der Waals surface area (Å²) in [6.07, 6.45) is 2.23. The lowest BCUT2D eigenvalue weighted by molar-refractivity contribution is 0.0496. The van der Waals surface area contributed by atoms with Crippen LogP contribution < -0.4 is 4.74 Å². The molecule has 0 N–H and O–H groups in total. The summed E-state index contributed by atoms with van der Waals surface area (Å²) in [5, 5.41) is 0. The molecule has 0 saturated carbocycles. The van der Waals surface area contributed by atoms with Crippen LogP contribution in [-0.4, -0.2) is 19.8 Å². The number of benzene rings is 1. The van der Waals surface area contributed by atoms with Crippen molar-refractivity contribution in [1.82, 2.24) is 0 Å². The standard InChI is InChI=1S/C12H15BrO2/c13-11-3-1-2-4-12(11)15-9-10-5-7-14-8-6-10/h1-4,10H,5-9H2. The van der Waals surface area contributed by atoms with Gasteiger partial charge in [-0.1, -0.05) is 12.1 Å². The minimum Gasteiger partial charge on any atom is -0.492 e. The van der Waals surface area contributed by atoms with Crippen molar-refractivity contribution in [2.45, 2.75) is 12.8 Å². The van der Waals surface area contributed by atoms with Gasteiger partial charge < -0.3 is 9.47 Å². The Morgan fingerprint density at radius 1 is 1.27 bits per heavy atom. The largest absolute Gasteiger partial charge is 0.492 e. The van der Waals surface area contributed by atoms with Crippen molar-refractivity contribution < 1.29 is 9.47 Å². The van der Waals surface area contributed by atoms with Gasteiger partial charge in [0.25, 0.3) is 0 Å². The molecule has 0 atom stereocenters. The highest BCUT2D eigenvalue weighted by molar-refractivity contribution is 9.10. The molecule has 0 amide bonds. The minimum absolute atomic E-state index is 0.644. The second-order valence-electron chi connectivity index (χ2n) is 3.80. The monoisotopic (exact) mass is 270 g/mol. The quantitative estimate of drug-likeness (QED) is 0.840. The van der Waals surface area contributed by atoms with E-state index < -0.39 is 0 Å². The van der Waals surface area contributed by atoms with Gasteiger partial charge in [-0.05, 0) is 46.8 Å². The summed E-state index contributed by atoms with van der Waals surface area (Å²) < 4.78 is 12.1. The smallest absolute Gasteiger partial charge is 0.133 e. The fraction of sp³-hybridized carbons (Fsp3) is 0.500. The fourth-order valence-electron chi connectivity index (χ4n) is 1.68. The first-order valence-corrected chi connectivity index (χ1v) is 6.10. The zero-order valence-corrected chi connectivity index (χ0v) is 10.2. The number of ether oxygens (including phenoxy) is 2. The molecule has 0 spiro atoms. The van der Waals surface area contributed by atoms with Gasteiger partial charge in [-0.15, -0.1) is 0 Å². The lowest BCUT2D eigenvalue weighted by atomic mass is 10.0. The van der Waals surface area contributed by atoms with Gasteiger partial charge in [0.15, 0.2) is 0 Å². The summed E-state index contributed by atoms with van der Waals surface area (Å²) in [6.45, 7) is 2.56. The molecule has 1 aliphatic heterocycles. The molecule has 0 bridgehead atoms. The van der Waals surface area contributed by atoms with Gasteiger partial charge >= 0.3 is 0 Å². The third kappa shape index (κ3) is 3.21. The molecule has 1 aromatic rings. The molecular weight excluding hydrogens is 256 g/mol. The molecule has 0 radical (unpaired) electrons. The van der Waals surface area contributed by atoms with Crippen LogP contribution in [0.25, 0.3) is 0 Å². The van der Waals surface area contributed by atoms with Gasteiger partial charge in [0, 0.05) is 13.2 Å². The van der Waals surface area contributed by atoms with Crippen LogP contribution in [0.15, 0.2) is 28.7 Å². The molecule has 0 aromatic heterocycles. The van der Waals surface area contributed by atoms with Crippen LogP contribution in [0, 0.1) is 5.92 Å². The Hall–Kier alpha value is -0.540. The summed E-state index contributed by atoms with van der Waals surface area (Å²) in [5.74, 6) is 1.58. The first-order valence-electron chi connectivity index (χ1n) is 5.31. The highest BCUT2D eigenvalue weighted by Gasteiger charge is 2.14. The van der Waals surface area contributed by atoms with E-state index in [2.05, 4.69) is 15.9 Å². The highest BCUT2D eigenvalue weighted by Crippen LogP contribution is 2.25. The van der Waals surface area contributed by atoms with Crippen molar-refractivity contribution in [2.75, 3.05) is 19.8 Å². The molecule has 15 heavy (non-hydrogen) atoms. The molecule has 1 saturated heterocycles. The lowest BCUT2D eigenvalue weighted by Gasteiger charge is -2.22. The molecule has 1 fully saturated rings. The predicted molar refractivity (Wildman–Crippen MR) is 63.2 cm³/mol. The van der Waals surface area contributed by atoms with Crippen LogP contribution in [0.1, 0.15) is 12.8 Å². The van der Waals surface area contributed by atoms with Gasteiger partial charge in [-0.3, -0.25) is 0 Å². The average Bonchev–Trinajstić information content (AvgIpc) is 2.29. The molecule has 0 unspecified atom stereocenters. The number of hydrogen-bond acceptors (Lipinski definition) is 2. The van der Waals surface area contributed by atoms with Crippen LogP contribution in [-0.2, 0) is 4.74 Å². The van der Waals surface area contributed by atoms with Gasteiger partial charge in [-0.25, -0.2) is 0 Å². The molecule has 82 valence electrons. The summed E-state index contributed by atoms with van der Waals surface area (Å²) >= 11 is 3.47. The second-order valence-corrected chi connectivity index (χ2v) is 4.65. The average molecular weight is 271 g/mol. The predicted octanol–water partition coefficient (Wildman–Crippen LogP) is 3.25. The van der Waals surface area contributed by atoms with E-state index in [1.165, 1.54) is 0 Å². The Balaban J connectivity index is 1.84. The minimum atomic E-state index is 0.644. The van der Waals surface area contributed by atoms with E-state index in [1.54, 1.807) is 0 Å². The van der Waals surface area contributed by atoms with Crippen molar-refractivity contribution in [3.8, 4) is 5.75 Å². The maximum absolute atomic E-state index is 5.77. The Morgan fingerprint density at radius 2 is 2.00 bits per heavy atom. The van der Waals surface area contributed by atoms with Crippen LogP contribution in [0.4, 0.5) is 0 Å². The van der Waals surface area contributed by atoms with Crippen molar-refractivity contribution in [1.29, 1.82) is 0 Å². The molecule has 1 heterocycles. The third-order valence-electron chi connectivity index (χ3n) is 2.65. The first-order chi connectivity index (χ1) is 7.36. The molecule has 1 aliphatic rings. The normalized spacial score (nSPS) is 17.7. The Kier molecular flexibility index (Phi) is 4.03. The number of hydrogen-bond donors (Lipinski definition) is 0. The Labute approximate surface area is 98.7 Å². The molecule has 2 nitrogen and oxygen atoms in total. The van der Waals surface area contributed by atoms with Crippen molar-refractivity contribution in [3.63, 3.8) is 0 Å². The summed E-state index contributed by atoms with van der Waals surface area (Å²) in [5.41, 5.74) is 0. The van der Waals surface area contributed by atoms with Gasteiger partial charge in [0.1, 0.15) is 5.75 Å². The first kappa shape index (κ1) is 11.0. The van der Waals surface area contributed by atoms with Crippen molar-refractivity contribution in [3.05, 3.63) is 28.7 Å². The van der Waals surface area contributed by atoms with E-state index in [9.17, 15) is 0 Å². The highest BCUT2D eigenvalue weighted by atomic mass is 79.9. The molecule has 2 rings (SSSR count). The van der Waals surface area contributed by atoms with Gasteiger partial charge in [-0.2, -0.15) is 0 Å². The number of rotatable bonds is 3. The number of para-hydroxylation sites is 1. The van der Waals surface area contributed by atoms with Crippen molar-refractivity contribution in [2.24, 2.45) is 5.92 Å². The molecule has 0 aliphatic carbocycles. The van der Waals surface area contributed by atoms with E-state index in [-0.39, 0.29) is 0 Å².